The molecule has 190 valence electrons. The highest BCUT2D eigenvalue weighted by molar-refractivity contribution is 6.16. The molecule has 2 aliphatic heterocycles. The Bertz CT molecular complexity index is 1230. The Morgan fingerprint density at radius 3 is 2.56 bits per heavy atom. The molecule has 4 amide bonds. The number of ether oxygens (including phenoxy) is 1. The number of anilines is 2. The number of nitrogens with zero attached hydrogens (tertiary/aromatic N) is 2. The van der Waals surface area contributed by atoms with E-state index in [-0.39, 0.29) is 17.8 Å². The first kappa shape index (κ1) is 25.3. The van der Waals surface area contributed by atoms with E-state index in [2.05, 4.69) is 43.2 Å². The molecule has 2 aliphatic rings. The lowest BCUT2D eigenvalue weighted by Crippen LogP contribution is -2.48. The van der Waals surface area contributed by atoms with Crippen LogP contribution in [0.4, 0.5) is 16.2 Å². The summed E-state index contributed by atoms with van der Waals surface area (Å²) >= 11 is 0. The molecule has 0 saturated carbocycles. The normalized spacial score (nSPS) is 19.8. The highest BCUT2D eigenvalue weighted by Gasteiger charge is 2.37. The number of hydrogen-bond donors (Lipinski definition) is 2. The Morgan fingerprint density at radius 1 is 1.22 bits per heavy atom. The van der Waals surface area contributed by atoms with Crippen LogP contribution in [0, 0.1) is 6.92 Å². The lowest BCUT2D eigenvalue weighted by atomic mass is 9.79. The molecule has 8 heteroatoms. The van der Waals surface area contributed by atoms with Gasteiger partial charge < -0.3 is 20.3 Å². The molecule has 8 nitrogen and oxygen atoms in total. The predicted molar refractivity (Wildman–Crippen MR) is 141 cm³/mol. The fraction of sp³-hybridized carbons (Fsp3) is 0.393. The van der Waals surface area contributed by atoms with E-state index in [1.807, 2.05) is 31.2 Å². The number of carbonyl (C=O) groups is 3. The summed E-state index contributed by atoms with van der Waals surface area (Å²) in [4.78, 5) is 41.3. The van der Waals surface area contributed by atoms with Gasteiger partial charge in [-0.3, -0.25) is 9.59 Å². The molecule has 1 atom stereocenters. The zero-order chi connectivity index (χ0) is 26.2. The first-order valence-electron chi connectivity index (χ1n) is 12.2. The number of methoxy groups -OCH3 is 1. The number of carbonyl (C=O) groups excluding carboxylic acids is 3. The third-order valence-electron chi connectivity index (χ3n) is 6.95. The van der Waals surface area contributed by atoms with Gasteiger partial charge in [-0.15, -0.1) is 0 Å². The van der Waals surface area contributed by atoms with Gasteiger partial charge in [0.1, 0.15) is 18.0 Å². The Labute approximate surface area is 212 Å². The standard InChI is InChI=1S/C28H34N4O4/c1-7-32-23-14-24(36-6)19(12-21(23)18(3)15-28(32,4)5)13-22-26(34)31(27(35)30-22)16-25(33)29-20-10-8-17(2)9-11-20/h8-14,18H,7,15-16H2,1-6H3,(H,29,33)(H,30,35)/b22-13+. The van der Waals surface area contributed by atoms with Crippen molar-refractivity contribution in [1.82, 2.24) is 10.2 Å². The van der Waals surface area contributed by atoms with E-state index in [4.69, 9.17) is 4.74 Å². The van der Waals surface area contributed by atoms with Gasteiger partial charge in [0.2, 0.25) is 5.91 Å². The summed E-state index contributed by atoms with van der Waals surface area (Å²) in [5.41, 5.74) is 4.79. The van der Waals surface area contributed by atoms with Crippen molar-refractivity contribution in [3.05, 3.63) is 58.8 Å². The van der Waals surface area contributed by atoms with Crippen LogP contribution in [-0.2, 0) is 9.59 Å². The second-order valence-corrected chi connectivity index (χ2v) is 10.1. The molecule has 1 fully saturated rings. The number of rotatable bonds is 6. The van der Waals surface area contributed by atoms with Crippen LogP contribution in [0.5, 0.6) is 5.75 Å². The topological polar surface area (TPSA) is 91.0 Å². The first-order valence-corrected chi connectivity index (χ1v) is 12.2. The molecule has 1 unspecified atom stereocenters. The highest BCUT2D eigenvalue weighted by Crippen LogP contribution is 2.46. The molecule has 36 heavy (non-hydrogen) atoms. The minimum absolute atomic E-state index is 0.0151. The van der Waals surface area contributed by atoms with E-state index in [0.717, 1.165) is 29.1 Å². The lowest BCUT2D eigenvalue weighted by Gasteiger charge is -2.47. The number of hydrogen-bond acceptors (Lipinski definition) is 5. The Hall–Kier alpha value is -3.81. The van der Waals surface area contributed by atoms with E-state index in [1.54, 1.807) is 25.3 Å². The maximum absolute atomic E-state index is 13.0. The van der Waals surface area contributed by atoms with Crippen LogP contribution >= 0.6 is 0 Å². The second-order valence-electron chi connectivity index (χ2n) is 10.1. The summed E-state index contributed by atoms with van der Waals surface area (Å²) in [5, 5.41) is 5.33. The molecular weight excluding hydrogens is 456 g/mol. The number of nitrogens with one attached hydrogen (secondary N) is 2. The lowest BCUT2D eigenvalue weighted by molar-refractivity contribution is -0.127. The zero-order valence-electron chi connectivity index (χ0n) is 21.8. The Morgan fingerprint density at radius 2 is 1.92 bits per heavy atom. The molecule has 0 aromatic heterocycles. The Kier molecular flexibility index (Phi) is 6.80. The van der Waals surface area contributed by atoms with Crippen molar-refractivity contribution < 1.29 is 19.1 Å². The van der Waals surface area contributed by atoms with Crippen LogP contribution < -0.4 is 20.3 Å². The SMILES string of the molecule is CCN1c2cc(OC)c(/C=C3/NC(=O)N(CC(=O)Nc4ccc(C)cc4)C3=O)cc2C(C)CC1(C)C. The number of imide groups is 1. The van der Waals surface area contributed by atoms with Crippen LogP contribution in [0.1, 0.15) is 56.7 Å². The summed E-state index contributed by atoms with van der Waals surface area (Å²) in [5.74, 6) is -0.0758. The molecule has 2 heterocycles. The van der Waals surface area contributed by atoms with Gasteiger partial charge in [-0.2, -0.15) is 0 Å². The number of amides is 4. The largest absolute Gasteiger partial charge is 0.496 e. The van der Waals surface area contributed by atoms with Crippen molar-refractivity contribution in [3.63, 3.8) is 0 Å². The maximum atomic E-state index is 13.0. The molecule has 1 saturated heterocycles. The van der Waals surface area contributed by atoms with Gasteiger partial charge in [0, 0.05) is 35.1 Å². The molecule has 0 aliphatic carbocycles. The van der Waals surface area contributed by atoms with Gasteiger partial charge in [-0.25, -0.2) is 9.69 Å². The summed E-state index contributed by atoms with van der Waals surface area (Å²) in [7, 11) is 1.59. The predicted octanol–water partition coefficient (Wildman–Crippen LogP) is 4.65. The summed E-state index contributed by atoms with van der Waals surface area (Å²) in [6.45, 7) is 11.3. The van der Waals surface area contributed by atoms with Gasteiger partial charge in [0.25, 0.3) is 5.91 Å². The number of urea groups is 1. The molecule has 2 aromatic rings. The van der Waals surface area contributed by atoms with Crippen molar-refractivity contribution in [2.45, 2.75) is 52.5 Å². The van der Waals surface area contributed by atoms with Crippen LogP contribution in [0.25, 0.3) is 6.08 Å². The van der Waals surface area contributed by atoms with Gasteiger partial charge in [0.05, 0.1) is 7.11 Å². The third kappa shape index (κ3) is 4.80. The summed E-state index contributed by atoms with van der Waals surface area (Å²) < 4.78 is 5.67. The van der Waals surface area contributed by atoms with Crippen molar-refractivity contribution in [1.29, 1.82) is 0 Å². The van der Waals surface area contributed by atoms with Gasteiger partial charge in [-0.1, -0.05) is 24.6 Å². The van der Waals surface area contributed by atoms with E-state index >= 15 is 0 Å². The number of aryl methyl sites for hydroxylation is 1. The van der Waals surface area contributed by atoms with Crippen LogP contribution in [0.3, 0.4) is 0 Å². The molecular formula is C28H34N4O4. The molecule has 4 rings (SSSR count). The first-order chi connectivity index (χ1) is 17.0. The number of benzene rings is 2. The average Bonchev–Trinajstić information content (AvgIpc) is 3.07. The summed E-state index contributed by atoms with van der Waals surface area (Å²) in [6.07, 6.45) is 2.62. The van der Waals surface area contributed by atoms with Crippen LogP contribution in [-0.4, -0.2) is 48.5 Å². The molecule has 0 bridgehead atoms. The Balaban J connectivity index is 1.58. The molecule has 0 radical (unpaired) electrons. The monoisotopic (exact) mass is 490 g/mol. The average molecular weight is 491 g/mol. The molecule has 0 spiro atoms. The quantitative estimate of drug-likeness (QED) is 0.455. The fourth-order valence-corrected chi connectivity index (χ4v) is 5.27. The smallest absolute Gasteiger partial charge is 0.329 e. The zero-order valence-corrected chi connectivity index (χ0v) is 21.8. The van der Waals surface area contributed by atoms with Crippen molar-refractivity contribution in [2.75, 3.05) is 30.4 Å². The van der Waals surface area contributed by atoms with Gasteiger partial charge in [-0.05, 0) is 69.9 Å². The molecule has 2 aromatic carbocycles. The van der Waals surface area contributed by atoms with E-state index in [0.29, 0.717) is 22.9 Å². The van der Waals surface area contributed by atoms with Gasteiger partial charge >= 0.3 is 6.03 Å². The second kappa shape index (κ2) is 9.68. The van der Waals surface area contributed by atoms with E-state index in [9.17, 15) is 14.4 Å². The van der Waals surface area contributed by atoms with E-state index in [1.165, 1.54) is 5.56 Å². The van der Waals surface area contributed by atoms with Gasteiger partial charge in [0.15, 0.2) is 0 Å². The molecule has 2 N–H and O–H groups in total. The van der Waals surface area contributed by atoms with Crippen LogP contribution in [0.2, 0.25) is 0 Å². The fourth-order valence-electron chi connectivity index (χ4n) is 5.27. The van der Waals surface area contributed by atoms with Crippen LogP contribution in [0.15, 0.2) is 42.1 Å². The maximum Gasteiger partial charge on any atom is 0.329 e. The minimum atomic E-state index is -0.630. The number of fused-ring (bicyclic) bond motifs is 1. The van der Waals surface area contributed by atoms with Crippen molar-refractivity contribution >= 4 is 35.3 Å². The van der Waals surface area contributed by atoms with Crippen molar-refractivity contribution in [3.8, 4) is 5.75 Å². The summed E-state index contributed by atoms with van der Waals surface area (Å²) in [6, 6.07) is 10.7. The highest BCUT2D eigenvalue weighted by atomic mass is 16.5. The minimum Gasteiger partial charge on any atom is -0.496 e. The van der Waals surface area contributed by atoms with Crippen molar-refractivity contribution in [2.24, 2.45) is 0 Å². The van der Waals surface area contributed by atoms with E-state index < -0.39 is 17.8 Å². The third-order valence-corrected chi connectivity index (χ3v) is 6.95.